The summed E-state index contributed by atoms with van der Waals surface area (Å²) >= 11 is 0. The summed E-state index contributed by atoms with van der Waals surface area (Å²) < 4.78 is 7.16. The Bertz CT molecular complexity index is 1360. The van der Waals surface area contributed by atoms with Gasteiger partial charge in [-0.25, -0.2) is 9.55 Å². The number of piperidine rings is 1. The minimum absolute atomic E-state index is 0.0982. The summed E-state index contributed by atoms with van der Waals surface area (Å²) in [6.07, 6.45) is 2.32. The molecule has 2 aromatic heterocycles. The van der Waals surface area contributed by atoms with Crippen molar-refractivity contribution in [1.29, 1.82) is 0 Å². The lowest BCUT2D eigenvalue weighted by Crippen LogP contribution is -2.36. The smallest absolute Gasteiger partial charge is 0.260 e. The van der Waals surface area contributed by atoms with Crippen molar-refractivity contribution in [2.24, 2.45) is 5.92 Å². The zero-order valence-corrected chi connectivity index (χ0v) is 19.2. The number of ether oxygens (including phenoxy) is 1. The van der Waals surface area contributed by atoms with Crippen LogP contribution in [0.1, 0.15) is 12.8 Å². The summed E-state index contributed by atoms with van der Waals surface area (Å²) in [6, 6.07) is 16.0. The van der Waals surface area contributed by atoms with Crippen molar-refractivity contribution >= 4 is 33.3 Å². The number of H-pyrrole nitrogens is 1. The van der Waals surface area contributed by atoms with Gasteiger partial charge in [0, 0.05) is 42.5 Å². The number of pyridine rings is 1. The zero-order chi connectivity index (χ0) is 22.9. The standard InChI is InChI=1S/C26H30N6O2/c33-25-16-22(28-17-18-7-9-27-10-8-18)20-3-1-2-4-24(20)32(25)26-29-21-6-5-19(15-23(21)30-26)31-11-13-34-14-12-31/h1-6,15-16,18,27-28H,7-14,17H2,(H,29,30). The quantitative estimate of drug-likeness (QED) is 0.426. The lowest BCUT2D eigenvalue weighted by molar-refractivity contribution is 0.122. The number of morpholine rings is 1. The monoisotopic (exact) mass is 458 g/mol. The molecule has 2 aromatic carbocycles. The van der Waals surface area contributed by atoms with Crippen molar-refractivity contribution in [2.45, 2.75) is 12.8 Å². The Balaban J connectivity index is 1.36. The molecule has 0 saturated carbocycles. The first kappa shape index (κ1) is 21.2. The van der Waals surface area contributed by atoms with Gasteiger partial charge < -0.3 is 25.3 Å². The highest BCUT2D eigenvalue weighted by Gasteiger charge is 2.17. The summed E-state index contributed by atoms with van der Waals surface area (Å²) in [7, 11) is 0. The van der Waals surface area contributed by atoms with Gasteiger partial charge in [0.1, 0.15) is 0 Å². The molecular formula is C26H30N6O2. The van der Waals surface area contributed by atoms with Crippen LogP contribution in [0.25, 0.3) is 27.9 Å². The topological polar surface area (TPSA) is 87.2 Å². The van der Waals surface area contributed by atoms with Gasteiger partial charge in [-0.05, 0) is 56.1 Å². The number of rotatable bonds is 5. The van der Waals surface area contributed by atoms with Crippen molar-refractivity contribution in [2.75, 3.05) is 56.2 Å². The van der Waals surface area contributed by atoms with Crippen LogP contribution in [0.4, 0.5) is 11.4 Å². The Morgan fingerprint density at radius 2 is 1.88 bits per heavy atom. The minimum Gasteiger partial charge on any atom is -0.384 e. The molecule has 2 aliphatic rings. The second-order valence-electron chi connectivity index (χ2n) is 9.18. The molecule has 0 amide bonds. The van der Waals surface area contributed by atoms with E-state index in [1.807, 2.05) is 24.3 Å². The second kappa shape index (κ2) is 9.12. The number of imidazole rings is 1. The fourth-order valence-corrected chi connectivity index (χ4v) is 5.09. The maximum absolute atomic E-state index is 13.3. The molecule has 0 aliphatic carbocycles. The van der Waals surface area contributed by atoms with E-state index in [0.717, 1.165) is 92.1 Å². The average molecular weight is 459 g/mol. The molecule has 8 nitrogen and oxygen atoms in total. The van der Waals surface area contributed by atoms with Crippen molar-refractivity contribution < 1.29 is 4.74 Å². The van der Waals surface area contributed by atoms with Crippen LogP contribution >= 0.6 is 0 Å². The summed E-state index contributed by atoms with van der Waals surface area (Å²) in [5, 5.41) is 7.99. The van der Waals surface area contributed by atoms with E-state index in [1.165, 1.54) is 0 Å². The molecule has 4 aromatic rings. The summed E-state index contributed by atoms with van der Waals surface area (Å²) in [4.78, 5) is 23.8. The van der Waals surface area contributed by atoms with E-state index in [4.69, 9.17) is 9.72 Å². The molecule has 176 valence electrons. The molecular weight excluding hydrogens is 428 g/mol. The Labute approximate surface area is 197 Å². The molecule has 4 heterocycles. The van der Waals surface area contributed by atoms with E-state index < -0.39 is 0 Å². The molecule has 3 N–H and O–H groups in total. The molecule has 0 atom stereocenters. The third-order valence-corrected chi connectivity index (χ3v) is 7.00. The van der Waals surface area contributed by atoms with Crippen LogP contribution in [0.2, 0.25) is 0 Å². The third-order valence-electron chi connectivity index (χ3n) is 7.00. The number of nitrogens with zero attached hydrogens (tertiary/aromatic N) is 3. The van der Waals surface area contributed by atoms with Gasteiger partial charge in [0.2, 0.25) is 5.95 Å². The Morgan fingerprint density at radius 3 is 2.74 bits per heavy atom. The van der Waals surface area contributed by atoms with Crippen molar-refractivity contribution in [3.8, 4) is 5.95 Å². The summed E-state index contributed by atoms with van der Waals surface area (Å²) in [6.45, 7) is 6.24. The molecule has 6 rings (SSSR count). The number of aromatic nitrogens is 3. The highest BCUT2D eigenvalue weighted by Crippen LogP contribution is 2.26. The number of fused-ring (bicyclic) bond motifs is 2. The lowest BCUT2D eigenvalue weighted by atomic mass is 9.98. The van der Waals surface area contributed by atoms with Gasteiger partial charge in [0.05, 0.1) is 29.8 Å². The van der Waals surface area contributed by atoms with Gasteiger partial charge in [-0.2, -0.15) is 0 Å². The first-order valence-electron chi connectivity index (χ1n) is 12.2. The number of aromatic amines is 1. The van der Waals surface area contributed by atoms with Gasteiger partial charge in [-0.15, -0.1) is 0 Å². The molecule has 34 heavy (non-hydrogen) atoms. The zero-order valence-electron chi connectivity index (χ0n) is 19.2. The number of hydrogen-bond donors (Lipinski definition) is 3. The van der Waals surface area contributed by atoms with Crippen LogP contribution in [0.3, 0.4) is 0 Å². The molecule has 0 bridgehead atoms. The number of para-hydroxylation sites is 1. The highest BCUT2D eigenvalue weighted by atomic mass is 16.5. The lowest BCUT2D eigenvalue weighted by Gasteiger charge is -2.28. The maximum atomic E-state index is 13.3. The molecule has 0 spiro atoms. The van der Waals surface area contributed by atoms with Gasteiger partial charge in [0.15, 0.2) is 0 Å². The summed E-state index contributed by atoms with van der Waals surface area (Å²) in [5.41, 5.74) is 4.54. The predicted octanol–water partition coefficient (Wildman–Crippen LogP) is 3.12. The first-order valence-corrected chi connectivity index (χ1v) is 12.2. The molecule has 0 unspecified atom stereocenters. The van der Waals surface area contributed by atoms with Gasteiger partial charge >= 0.3 is 0 Å². The fourth-order valence-electron chi connectivity index (χ4n) is 5.09. The predicted molar refractivity (Wildman–Crippen MR) is 136 cm³/mol. The van der Waals surface area contributed by atoms with Gasteiger partial charge in [0.25, 0.3) is 5.56 Å². The fraction of sp³-hybridized carbons (Fsp3) is 0.385. The third kappa shape index (κ3) is 4.03. The number of hydrogen-bond acceptors (Lipinski definition) is 6. The molecule has 8 heteroatoms. The van der Waals surface area contributed by atoms with Crippen LogP contribution in [0, 0.1) is 5.92 Å². The summed E-state index contributed by atoms with van der Waals surface area (Å²) in [5.74, 6) is 1.17. The molecule has 2 fully saturated rings. The van der Waals surface area contributed by atoms with Crippen LogP contribution in [-0.2, 0) is 4.74 Å². The largest absolute Gasteiger partial charge is 0.384 e. The Morgan fingerprint density at radius 1 is 1.06 bits per heavy atom. The number of nitrogens with one attached hydrogen (secondary N) is 3. The molecule has 2 saturated heterocycles. The highest BCUT2D eigenvalue weighted by molar-refractivity contribution is 5.92. The van der Waals surface area contributed by atoms with Crippen molar-refractivity contribution in [3.05, 3.63) is 58.9 Å². The normalized spacial score (nSPS) is 17.5. The van der Waals surface area contributed by atoms with Crippen LogP contribution in [0.15, 0.2) is 53.3 Å². The van der Waals surface area contributed by atoms with E-state index in [-0.39, 0.29) is 5.56 Å². The van der Waals surface area contributed by atoms with E-state index in [1.54, 1.807) is 10.6 Å². The second-order valence-corrected chi connectivity index (χ2v) is 9.18. The van der Waals surface area contributed by atoms with Crippen LogP contribution < -0.4 is 21.1 Å². The molecule has 2 aliphatic heterocycles. The Hall–Kier alpha value is -3.36. The SMILES string of the molecule is O=c1cc(NCC2CCNCC2)c2ccccc2n1-c1nc2ccc(N3CCOCC3)cc2[nH]1. The number of anilines is 2. The van der Waals surface area contributed by atoms with Crippen molar-refractivity contribution in [3.63, 3.8) is 0 Å². The van der Waals surface area contributed by atoms with Gasteiger partial charge in [-0.1, -0.05) is 18.2 Å². The van der Waals surface area contributed by atoms with Gasteiger partial charge in [-0.3, -0.25) is 4.79 Å². The van der Waals surface area contributed by atoms with Crippen LogP contribution in [0.5, 0.6) is 0 Å². The minimum atomic E-state index is -0.0982. The van der Waals surface area contributed by atoms with E-state index in [0.29, 0.717) is 11.9 Å². The van der Waals surface area contributed by atoms with Crippen LogP contribution in [-0.4, -0.2) is 60.5 Å². The first-order chi connectivity index (χ1) is 16.8. The number of benzene rings is 2. The van der Waals surface area contributed by atoms with E-state index in [2.05, 4.69) is 38.7 Å². The van der Waals surface area contributed by atoms with E-state index in [9.17, 15) is 4.79 Å². The van der Waals surface area contributed by atoms with E-state index >= 15 is 0 Å². The Kier molecular flexibility index (Phi) is 5.68. The van der Waals surface area contributed by atoms with Crippen molar-refractivity contribution in [1.82, 2.24) is 19.9 Å². The molecule has 0 radical (unpaired) electrons. The average Bonchev–Trinajstić information content (AvgIpc) is 3.31. The maximum Gasteiger partial charge on any atom is 0.260 e.